The lowest BCUT2D eigenvalue weighted by Crippen LogP contribution is -2.13. The molecule has 0 atom stereocenters. The molecule has 0 radical (unpaired) electrons. The lowest BCUT2D eigenvalue weighted by molar-refractivity contribution is 0.288. The summed E-state index contributed by atoms with van der Waals surface area (Å²) in [5.74, 6) is 5.32. The second-order valence-electron chi connectivity index (χ2n) is 9.03. The second-order valence-corrected chi connectivity index (χ2v) is 9.03. The molecule has 1 aliphatic rings. The van der Waals surface area contributed by atoms with Crippen molar-refractivity contribution < 1.29 is 13.5 Å². The van der Waals surface area contributed by atoms with Crippen LogP contribution in [0.1, 0.15) is 101 Å². The van der Waals surface area contributed by atoms with Gasteiger partial charge in [0, 0.05) is 5.56 Å². The van der Waals surface area contributed by atoms with E-state index in [-0.39, 0.29) is 11.3 Å². The summed E-state index contributed by atoms with van der Waals surface area (Å²) < 4.78 is 33.9. The van der Waals surface area contributed by atoms with Crippen LogP contribution in [0.25, 0.3) is 0 Å². The average molecular weight is 439 g/mol. The third kappa shape index (κ3) is 6.83. The van der Waals surface area contributed by atoms with Crippen LogP contribution in [-0.4, -0.2) is 6.61 Å². The van der Waals surface area contributed by atoms with Crippen LogP contribution in [0.15, 0.2) is 36.4 Å². The lowest BCUT2D eigenvalue weighted by Gasteiger charge is -2.29. The maximum Gasteiger partial charge on any atom is 0.201 e. The fourth-order valence-corrected chi connectivity index (χ4v) is 4.51. The van der Waals surface area contributed by atoms with Crippen LogP contribution in [0, 0.1) is 29.4 Å². The molecule has 0 aliphatic heterocycles. The first-order valence-electron chi connectivity index (χ1n) is 12.3. The average Bonchev–Trinajstić information content (AvgIpc) is 2.82. The van der Waals surface area contributed by atoms with E-state index in [1.54, 1.807) is 0 Å². The van der Waals surface area contributed by atoms with Gasteiger partial charge in [0.1, 0.15) is 0 Å². The van der Waals surface area contributed by atoms with Gasteiger partial charge in [0.25, 0.3) is 0 Å². The molecule has 32 heavy (non-hydrogen) atoms. The van der Waals surface area contributed by atoms with Gasteiger partial charge in [-0.15, -0.1) is 0 Å². The van der Waals surface area contributed by atoms with Gasteiger partial charge in [-0.2, -0.15) is 4.39 Å². The van der Waals surface area contributed by atoms with E-state index in [1.807, 2.05) is 19.1 Å². The lowest BCUT2D eigenvalue weighted by atomic mass is 9.77. The van der Waals surface area contributed by atoms with Crippen LogP contribution >= 0.6 is 0 Å². The first-order chi connectivity index (χ1) is 15.6. The Bertz CT molecular complexity index is 899. The van der Waals surface area contributed by atoms with Gasteiger partial charge < -0.3 is 4.74 Å². The highest BCUT2D eigenvalue weighted by atomic mass is 19.2. The van der Waals surface area contributed by atoms with E-state index in [0.717, 1.165) is 24.3 Å². The van der Waals surface area contributed by atoms with Crippen LogP contribution in [0.5, 0.6) is 5.75 Å². The minimum absolute atomic E-state index is 0.0501. The van der Waals surface area contributed by atoms with Gasteiger partial charge in [-0.05, 0) is 73.8 Å². The van der Waals surface area contributed by atoms with E-state index < -0.39 is 11.6 Å². The number of rotatable bonds is 9. The minimum atomic E-state index is -0.964. The molecule has 0 unspecified atom stereocenters. The molecule has 0 N–H and O–H groups in total. The molecule has 0 aromatic heterocycles. The SMILES string of the molecule is CCCCCC1CCC(c2ccc(C#Cc3ccc(OCCCC)c(F)c3F)cc2)CC1. The molecule has 1 fully saturated rings. The summed E-state index contributed by atoms with van der Waals surface area (Å²) in [6.07, 6.45) is 12.3. The van der Waals surface area contributed by atoms with Crippen LogP contribution < -0.4 is 4.74 Å². The maximum atomic E-state index is 14.4. The quantitative estimate of drug-likeness (QED) is 0.282. The molecule has 3 rings (SSSR count). The third-order valence-electron chi connectivity index (χ3n) is 6.59. The van der Waals surface area contributed by atoms with Crippen molar-refractivity contribution in [1.82, 2.24) is 0 Å². The Morgan fingerprint density at radius 2 is 1.53 bits per heavy atom. The highest BCUT2D eigenvalue weighted by Crippen LogP contribution is 2.37. The summed E-state index contributed by atoms with van der Waals surface area (Å²) >= 11 is 0. The molecule has 0 spiro atoms. The van der Waals surface area contributed by atoms with Crippen molar-refractivity contribution in [3.8, 4) is 17.6 Å². The Morgan fingerprint density at radius 1 is 0.812 bits per heavy atom. The first-order valence-corrected chi connectivity index (χ1v) is 12.3. The molecule has 3 heteroatoms. The monoisotopic (exact) mass is 438 g/mol. The van der Waals surface area contributed by atoms with Crippen molar-refractivity contribution in [3.63, 3.8) is 0 Å². The molecule has 1 saturated carbocycles. The topological polar surface area (TPSA) is 9.23 Å². The van der Waals surface area contributed by atoms with Gasteiger partial charge in [-0.25, -0.2) is 4.39 Å². The number of hydrogen-bond acceptors (Lipinski definition) is 1. The number of ether oxygens (including phenoxy) is 1. The Morgan fingerprint density at radius 3 is 2.22 bits per heavy atom. The summed E-state index contributed by atoms with van der Waals surface area (Å²) in [6, 6.07) is 11.2. The van der Waals surface area contributed by atoms with Gasteiger partial charge in [-0.1, -0.05) is 69.9 Å². The Hall–Kier alpha value is -2.34. The van der Waals surface area contributed by atoms with Gasteiger partial charge in [0.05, 0.1) is 12.2 Å². The van der Waals surface area contributed by atoms with Crippen LogP contribution in [0.3, 0.4) is 0 Å². The van der Waals surface area contributed by atoms with Crippen molar-refractivity contribution >= 4 is 0 Å². The Labute approximate surface area is 192 Å². The number of hydrogen-bond donors (Lipinski definition) is 0. The highest BCUT2D eigenvalue weighted by Gasteiger charge is 2.22. The van der Waals surface area contributed by atoms with Crippen LogP contribution in [0.4, 0.5) is 8.78 Å². The fourth-order valence-electron chi connectivity index (χ4n) is 4.51. The molecule has 1 nitrogen and oxygen atoms in total. The van der Waals surface area contributed by atoms with E-state index >= 15 is 0 Å². The number of unbranched alkanes of at least 4 members (excludes halogenated alkanes) is 3. The normalized spacial score (nSPS) is 18.1. The summed E-state index contributed by atoms with van der Waals surface area (Å²) in [4.78, 5) is 0. The van der Waals surface area contributed by atoms with Crippen molar-refractivity contribution in [2.45, 2.75) is 84.0 Å². The summed E-state index contributed by atoms with van der Waals surface area (Å²) in [7, 11) is 0. The summed E-state index contributed by atoms with van der Waals surface area (Å²) in [6.45, 7) is 4.66. The Balaban J connectivity index is 1.57. The van der Waals surface area contributed by atoms with E-state index in [1.165, 1.54) is 69.1 Å². The van der Waals surface area contributed by atoms with Crippen LogP contribution in [0.2, 0.25) is 0 Å². The molecular formula is C29H36F2O. The molecule has 2 aromatic rings. The zero-order valence-electron chi connectivity index (χ0n) is 19.6. The molecular weight excluding hydrogens is 402 g/mol. The molecule has 172 valence electrons. The summed E-state index contributed by atoms with van der Waals surface area (Å²) in [5.41, 5.74) is 2.23. The molecule has 0 bridgehead atoms. The van der Waals surface area contributed by atoms with Crippen LogP contribution in [-0.2, 0) is 0 Å². The second kappa shape index (κ2) is 12.6. The number of benzene rings is 2. The summed E-state index contributed by atoms with van der Waals surface area (Å²) in [5, 5.41) is 0. The molecule has 0 saturated heterocycles. The largest absolute Gasteiger partial charge is 0.490 e. The zero-order valence-corrected chi connectivity index (χ0v) is 19.6. The minimum Gasteiger partial charge on any atom is -0.490 e. The van der Waals surface area contributed by atoms with Gasteiger partial charge in [-0.3, -0.25) is 0 Å². The standard InChI is InChI=1S/C29H36F2O/c1-3-5-7-8-22-9-14-24(15-10-22)25-16-11-23(12-17-25)13-18-26-19-20-27(29(31)28(26)30)32-21-6-4-2/h11-12,16-17,19-20,22,24H,3-10,14-15,21H2,1-2H3. The molecule has 0 amide bonds. The van der Waals surface area contributed by atoms with E-state index in [4.69, 9.17) is 4.74 Å². The van der Waals surface area contributed by atoms with Crippen molar-refractivity contribution in [1.29, 1.82) is 0 Å². The zero-order chi connectivity index (χ0) is 22.8. The molecule has 0 heterocycles. The third-order valence-corrected chi connectivity index (χ3v) is 6.59. The van der Waals surface area contributed by atoms with E-state index in [0.29, 0.717) is 12.5 Å². The fraction of sp³-hybridized carbons (Fsp3) is 0.517. The predicted molar refractivity (Wildman–Crippen MR) is 128 cm³/mol. The van der Waals surface area contributed by atoms with E-state index in [9.17, 15) is 8.78 Å². The first kappa shape index (κ1) is 24.3. The van der Waals surface area contributed by atoms with Gasteiger partial charge >= 0.3 is 0 Å². The highest BCUT2D eigenvalue weighted by molar-refractivity contribution is 5.46. The van der Waals surface area contributed by atoms with Gasteiger partial charge in [0.2, 0.25) is 5.82 Å². The van der Waals surface area contributed by atoms with Crippen molar-refractivity contribution in [2.75, 3.05) is 6.61 Å². The molecule has 2 aromatic carbocycles. The smallest absolute Gasteiger partial charge is 0.201 e. The number of halogens is 2. The van der Waals surface area contributed by atoms with Crippen molar-refractivity contribution in [2.24, 2.45) is 5.92 Å². The van der Waals surface area contributed by atoms with Crippen molar-refractivity contribution in [3.05, 3.63) is 64.7 Å². The van der Waals surface area contributed by atoms with E-state index in [2.05, 4.69) is 30.9 Å². The Kier molecular flexibility index (Phi) is 9.60. The molecule has 1 aliphatic carbocycles. The predicted octanol–water partition coefficient (Wildman–Crippen LogP) is 8.40. The van der Waals surface area contributed by atoms with Gasteiger partial charge in [0.15, 0.2) is 11.6 Å². The maximum absolute atomic E-state index is 14.4.